The van der Waals surface area contributed by atoms with Gasteiger partial charge in [-0.1, -0.05) is 48.3 Å². The highest BCUT2D eigenvalue weighted by atomic mass is 32.2. The Balaban J connectivity index is 1.53. The molecule has 2 aliphatic rings. The van der Waals surface area contributed by atoms with Crippen LogP contribution in [0.15, 0.2) is 64.9 Å². The largest absolute Gasteiger partial charge is 0.495 e. The number of carbonyl (C=O) groups excluding carboxylic acids is 1. The highest BCUT2D eigenvalue weighted by molar-refractivity contribution is 8.26. The van der Waals surface area contributed by atoms with Gasteiger partial charge in [-0.25, -0.2) is 4.98 Å². The molecule has 0 unspecified atom stereocenters. The number of hydrogen-bond donors (Lipinski definition) is 0. The van der Waals surface area contributed by atoms with Crippen LogP contribution in [0.3, 0.4) is 0 Å². The molecule has 10 heteroatoms. The molecule has 0 atom stereocenters. The minimum absolute atomic E-state index is 0.218. The van der Waals surface area contributed by atoms with Crippen molar-refractivity contribution in [1.82, 2.24) is 14.3 Å². The standard InChI is InChI=1S/C27H27N5O3S2/c1-4-11-31-26(34)22(37-27(31)36)16-19-24(28-23-10-9-18(2)17-32(23)25(19)33)30-14-12-29(13-15-30)20-7-5-6-8-21(20)35-3/h4-10,16-17H,1,11-15H2,2-3H3. The Morgan fingerprint density at radius 1 is 1.11 bits per heavy atom. The fourth-order valence-electron chi connectivity index (χ4n) is 4.58. The van der Waals surface area contributed by atoms with Gasteiger partial charge in [0, 0.05) is 38.9 Å². The number of hydrogen-bond acceptors (Lipinski definition) is 8. The summed E-state index contributed by atoms with van der Waals surface area (Å²) in [6, 6.07) is 11.7. The molecular formula is C27H27N5O3S2. The molecule has 2 saturated heterocycles. The van der Waals surface area contributed by atoms with Gasteiger partial charge in [-0.15, -0.1) is 6.58 Å². The molecule has 2 aliphatic heterocycles. The maximum atomic E-state index is 13.7. The fourth-order valence-corrected chi connectivity index (χ4v) is 5.84. The van der Waals surface area contributed by atoms with E-state index in [-0.39, 0.29) is 11.5 Å². The Morgan fingerprint density at radius 2 is 1.84 bits per heavy atom. The molecule has 3 aromatic rings. The highest BCUT2D eigenvalue weighted by Crippen LogP contribution is 2.34. The maximum absolute atomic E-state index is 13.7. The summed E-state index contributed by atoms with van der Waals surface area (Å²) in [5, 5.41) is 0. The number of rotatable bonds is 6. The van der Waals surface area contributed by atoms with Gasteiger partial charge in [0.15, 0.2) is 0 Å². The fraction of sp³-hybridized carbons (Fsp3) is 0.259. The zero-order valence-corrected chi connectivity index (χ0v) is 22.3. The molecule has 0 spiro atoms. The minimum atomic E-state index is -0.226. The Bertz CT molecular complexity index is 1490. The van der Waals surface area contributed by atoms with Crippen LogP contribution < -0.4 is 20.1 Å². The summed E-state index contributed by atoms with van der Waals surface area (Å²) in [4.78, 5) is 37.9. The van der Waals surface area contributed by atoms with Gasteiger partial charge in [0.25, 0.3) is 11.5 Å². The molecule has 1 amide bonds. The van der Waals surface area contributed by atoms with Crippen molar-refractivity contribution in [1.29, 1.82) is 0 Å². The number of methoxy groups -OCH3 is 1. The van der Waals surface area contributed by atoms with Gasteiger partial charge in [-0.2, -0.15) is 0 Å². The van der Waals surface area contributed by atoms with Crippen molar-refractivity contribution >= 4 is 57.4 Å². The summed E-state index contributed by atoms with van der Waals surface area (Å²) in [5.74, 6) is 1.17. The summed E-state index contributed by atoms with van der Waals surface area (Å²) in [7, 11) is 1.67. The van der Waals surface area contributed by atoms with Gasteiger partial charge in [-0.3, -0.25) is 18.9 Å². The third-order valence-corrected chi connectivity index (χ3v) is 7.83. The number of para-hydroxylation sites is 2. The number of aryl methyl sites for hydroxylation is 1. The van der Waals surface area contributed by atoms with Crippen molar-refractivity contribution in [2.24, 2.45) is 0 Å². The monoisotopic (exact) mass is 533 g/mol. The Kier molecular flexibility index (Phi) is 7.03. The number of carbonyl (C=O) groups is 1. The minimum Gasteiger partial charge on any atom is -0.495 e. The van der Waals surface area contributed by atoms with Crippen molar-refractivity contribution in [2.75, 3.05) is 49.6 Å². The smallest absolute Gasteiger partial charge is 0.267 e. The first-order chi connectivity index (χ1) is 17.9. The summed E-state index contributed by atoms with van der Waals surface area (Å²) < 4.78 is 7.54. The Hall–Kier alpha value is -3.63. The molecule has 0 aliphatic carbocycles. The van der Waals surface area contributed by atoms with E-state index in [9.17, 15) is 9.59 Å². The van der Waals surface area contributed by atoms with Crippen LogP contribution in [0.1, 0.15) is 11.1 Å². The predicted molar refractivity (Wildman–Crippen MR) is 154 cm³/mol. The van der Waals surface area contributed by atoms with Crippen molar-refractivity contribution < 1.29 is 9.53 Å². The second-order valence-electron chi connectivity index (χ2n) is 8.82. The van der Waals surface area contributed by atoms with Crippen LogP contribution in [0, 0.1) is 6.92 Å². The van der Waals surface area contributed by atoms with Crippen molar-refractivity contribution in [3.63, 3.8) is 0 Å². The number of amides is 1. The van der Waals surface area contributed by atoms with Crippen molar-refractivity contribution in [3.8, 4) is 5.75 Å². The molecule has 1 aromatic carbocycles. The van der Waals surface area contributed by atoms with E-state index in [0.29, 0.717) is 45.9 Å². The number of fused-ring (bicyclic) bond motifs is 1. The molecule has 0 bridgehead atoms. The molecule has 2 aromatic heterocycles. The van der Waals surface area contributed by atoms with E-state index in [1.807, 2.05) is 43.3 Å². The van der Waals surface area contributed by atoms with Crippen LogP contribution in [0.25, 0.3) is 11.7 Å². The van der Waals surface area contributed by atoms with Gasteiger partial charge in [0.1, 0.15) is 21.5 Å². The van der Waals surface area contributed by atoms with Gasteiger partial charge in [-0.05, 0) is 36.8 Å². The topological polar surface area (TPSA) is 70.4 Å². The Labute approximate surface area is 224 Å². The lowest BCUT2D eigenvalue weighted by Gasteiger charge is -2.37. The molecule has 2 fully saturated rings. The van der Waals surface area contributed by atoms with E-state index in [1.165, 1.54) is 16.7 Å². The average molecular weight is 534 g/mol. The Morgan fingerprint density at radius 3 is 2.57 bits per heavy atom. The van der Waals surface area contributed by atoms with Gasteiger partial charge in [0.05, 0.1) is 23.3 Å². The molecule has 190 valence electrons. The summed E-state index contributed by atoms with van der Waals surface area (Å²) in [6.07, 6.45) is 5.05. The zero-order chi connectivity index (χ0) is 26.1. The van der Waals surface area contributed by atoms with Crippen LogP contribution in [-0.4, -0.2) is 64.3 Å². The van der Waals surface area contributed by atoms with Crippen molar-refractivity contribution in [2.45, 2.75) is 6.92 Å². The molecule has 8 nitrogen and oxygen atoms in total. The lowest BCUT2D eigenvalue weighted by atomic mass is 10.2. The van der Waals surface area contributed by atoms with E-state index in [1.54, 1.807) is 29.9 Å². The van der Waals surface area contributed by atoms with Gasteiger partial charge >= 0.3 is 0 Å². The number of aromatic nitrogens is 2. The molecule has 5 rings (SSSR count). The molecular weight excluding hydrogens is 506 g/mol. The second-order valence-corrected chi connectivity index (χ2v) is 10.5. The summed E-state index contributed by atoms with van der Waals surface area (Å²) in [6.45, 7) is 8.74. The molecule has 0 N–H and O–H groups in total. The number of thioether (sulfide) groups is 1. The zero-order valence-electron chi connectivity index (χ0n) is 20.7. The summed E-state index contributed by atoms with van der Waals surface area (Å²) in [5.41, 5.74) is 2.71. The van der Waals surface area contributed by atoms with Gasteiger partial charge < -0.3 is 14.5 Å². The van der Waals surface area contributed by atoms with Gasteiger partial charge in [0.2, 0.25) is 0 Å². The second kappa shape index (κ2) is 10.4. The first-order valence-electron chi connectivity index (χ1n) is 11.9. The van der Waals surface area contributed by atoms with E-state index in [2.05, 4.69) is 16.4 Å². The van der Waals surface area contributed by atoms with Crippen molar-refractivity contribution in [3.05, 3.63) is 81.6 Å². The average Bonchev–Trinajstić information content (AvgIpc) is 3.18. The SMILES string of the molecule is C=CCN1C(=O)C(=Cc2c(N3CCN(c4ccccc4OC)CC3)nc3ccc(C)cn3c2=O)SC1=S. The van der Waals surface area contributed by atoms with Crippen LogP contribution >= 0.6 is 24.0 Å². The van der Waals surface area contributed by atoms with E-state index in [0.717, 1.165) is 30.1 Å². The van der Waals surface area contributed by atoms with E-state index in [4.69, 9.17) is 21.9 Å². The number of anilines is 2. The molecule has 4 heterocycles. The first kappa shape index (κ1) is 25.0. The lowest BCUT2D eigenvalue weighted by molar-refractivity contribution is -0.121. The van der Waals surface area contributed by atoms with E-state index < -0.39 is 0 Å². The molecule has 0 radical (unpaired) electrons. The number of pyridine rings is 1. The highest BCUT2D eigenvalue weighted by Gasteiger charge is 2.32. The quantitative estimate of drug-likeness (QED) is 0.270. The molecule has 37 heavy (non-hydrogen) atoms. The maximum Gasteiger partial charge on any atom is 0.267 e. The lowest BCUT2D eigenvalue weighted by Crippen LogP contribution is -2.47. The number of piperazine rings is 1. The number of ether oxygens (including phenoxy) is 1. The van der Waals surface area contributed by atoms with Crippen LogP contribution in [0.2, 0.25) is 0 Å². The summed E-state index contributed by atoms with van der Waals surface area (Å²) >= 11 is 6.59. The predicted octanol–water partition coefficient (Wildman–Crippen LogP) is 3.73. The normalized spacial score (nSPS) is 17.2. The first-order valence-corrected chi connectivity index (χ1v) is 13.2. The van der Waals surface area contributed by atoms with Crippen LogP contribution in [-0.2, 0) is 4.79 Å². The molecule has 0 saturated carbocycles. The van der Waals surface area contributed by atoms with Crippen LogP contribution in [0.4, 0.5) is 11.5 Å². The number of thiocarbonyl (C=S) groups is 1. The third-order valence-electron chi connectivity index (χ3n) is 6.45. The van der Waals surface area contributed by atoms with Crippen LogP contribution in [0.5, 0.6) is 5.75 Å². The number of benzene rings is 1. The number of nitrogens with zero attached hydrogens (tertiary/aromatic N) is 5. The van der Waals surface area contributed by atoms with E-state index >= 15 is 0 Å². The third kappa shape index (κ3) is 4.74.